The van der Waals surface area contributed by atoms with Crippen LogP contribution in [0.15, 0.2) is 10.7 Å². The summed E-state index contributed by atoms with van der Waals surface area (Å²) < 4.78 is 9.72. The molecule has 1 atom stereocenters. The van der Waals surface area contributed by atoms with E-state index >= 15 is 0 Å². The fourth-order valence-electron chi connectivity index (χ4n) is 3.31. The van der Waals surface area contributed by atoms with Gasteiger partial charge in [0.25, 0.3) is 5.91 Å². The predicted octanol–water partition coefficient (Wildman–Crippen LogP) is 2.23. The van der Waals surface area contributed by atoms with Gasteiger partial charge in [-0.15, -0.1) is 0 Å². The summed E-state index contributed by atoms with van der Waals surface area (Å²) in [5.74, 6) is -0.658. The van der Waals surface area contributed by atoms with Crippen LogP contribution in [-0.4, -0.2) is 62.6 Å². The molecule has 10 heteroatoms. The summed E-state index contributed by atoms with van der Waals surface area (Å²) >= 11 is 3.51. The fourth-order valence-corrected chi connectivity index (χ4v) is 3.59. The van der Waals surface area contributed by atoms with E-state index in [1.807, 2.05) is 32.4 Å². The predicted molar refractivity (Wildman–Crippen MR) is 112 cm³/mol. The molecule has 1 fully saturated rings. The van der Waals surface area contributed by atoms with E-state index < -0.39 is 0 Å². The van der Waals surface area contributed by atoms with Crippen molar-refractivity contribution >= 4 is 33.4 Å². The standard InChI is InChI=1S/C19H27BrN6O3/c1-5-25-17(19(28)24-6-8-29-9-7-24)15(10-21-25)22-18(27)12(2)11-26-14(4)16(20)13(3)23-26/h10,12H,5-9,11H2,1-4H3,(H,22,27). The van der Waals surface area contributed by atoms with Crippen molar-refractivity contribution in [2.45, 2.75) is 40.8 Å². The average Bonchev–Trinajstić information content (AvgIpc) is 3.23. The van der Waals surface area contributed by atoms with E-state index in [-0.39, 0.29) is 17.7 Å². The molecular weight excluding hydrogens is 440 g/mol. The van der Waals surface area contributed by atoms with Crippen LogP contribution in [0, 0.1) is 19.8 Å². The second-order valence-electron chi connectivity index (χ2n) is 7.18. The van der Waals surface area contributed by atoms with Gasteiger partial charge in [-0.1, -0.05) is 6.92 Å². The summed E-state index contributed by atoms with van der Waals surface area (Å²) in [5.41, 5.74) is 2.71. The fraction of sp³-hybridized carbons (Fsp3) is 0.579. The minimum Gasteiger partial charge on any atom is -0.378 e. The lowest BCUT2D eigenvalue weighted by Gasteiger charge is -2.27. The van der Waals surface area contributed by atoms with Gasteiger partial charge in [0.05, 0.1) is 47.7 Å². The second-order valence-corrected chi connectivity index (χ2v) is 7.98. The third kappa shape index (κ3) is 4.53. The maximum absolute atomic E-state index is 13.0. The molecule has 1 N–H and O–H groups in total. The maximum Gasteiger partial charge on any atom is 0.274 e. The largest absolute Gasteiger partial charge is 0.378 e. The number of carbonyl (C=O) groups excluding carboxylic acids is 2. The van der Waals surface area contributed by atoms with Gasteiger partial charge in [0.1, 0.15) is 5.69 Å². The van der Waals surface area contributed by atoms with Gasteiger partial charge >= 0.3 is 0 Å². The first-order valence-corrected chi connectivity index (χ1v) is 10.6. The molecule has 158 valence electrons. The summed E-state index contributed by atoms with van der Waals surface area (Å²) in [5, 5.41) is 11.6. The van der Waals surface area contributed by atoms with Gasteiger partial charge in [-0.2, -0.15) is 10.2 Å². The molecule has 0 bridgehead atoms. The number of aromatic nitrogens is 4. The highest BCUT2D eigenvalue weighted by Crippen LogP contribution is 2.22. The molecule has 2 aromatic heterocycles. The van der Waals surface area contributed by atoms with Crippen molar-refractivity contribution in [2.75, 3.05) is 31.6 Å². The minimum absolute atomic E-state index is 0.141. The smallest absolute Gasteiger partial charge is 0.274 e. The first-order valence-electron chi connectivity index (χ1n) is 9.76. The Kier molecular flexibility index (Phi) is 6.74. The molecule has 0 radical (unpaired) electrons. The zero-order valence-corrected chi connectivity index (χ0v) is 18.8. The maximum atomic E-state index is 13.0. The number of aryl methyl sites for hydroxylation is 2. The summed E-state index contributed by atoms with van der Waals surface area (Å²) in [6, 6.07) is 0. The van der Waals surface area contributed by atoms with Crippen LogP contribution in [0.4, 0.5) is 5.69 Å². The molecule has 0 aromatic carbocycles. The van der Waals surface area contributed by atoms with Gasteiger partial charge in [-0.05, 0) is 36.7 Å². The van der Waals surface area contributed by atoms with Crippen LogP contribution in [0.25, 0.3) is 0 Å². The van der Waals surface area contributed by atoms with Crippen molar-refractivity contribution in [1.82, 2.24) is 24.5 Å². The number of hydrogen-bond acceptors (Lipinski definition) is 5. The molecule has 0 saturated carbocycles. The summed E-state index contributed by atoms with van der Waals surface area (Å²) in [6.07, 6.45) is 1.54. The highest BCUT2D eigenvalue weighted by Gasteiger charge is 2.27. The minimum atomic E-state index is -0.337. The number of morpholine rings is 1. The van der Waals surface area contributed by atoms with E-state index in [2.05, 4.69) is 31.4 Å². The summed E-state index contributed by atoms with van der Waals surface area (Å²) in [6.45, 7) is 10.7. The van der Waals surface area contributed by atoms with Crippen molar-refractivity contribution in [1.29, 1.82) is 0 Å². The molecule has 1 aliphatic heterocycles. The van der Waals surface area contributed by atoms with Crippen LogP contribution in [0.5, 0.6) is 0 Å². The van der Waals surface area contributed by atoms with Gasteiger partial charge < -0.3 is 15.0 Å². The lowest BCUT2D eigenvalue weighted by Crippen LogP contribution is -2.42. The molecule has 9 nitrogen and oxygen atoms in total. The van der Waals surface area contributed by atoms with Crippen molar-refractivity contribution in [2.24, 2.45) is 5.92 Å². The number of nitrogens with zero attached hydrogens (tertiary/aromatic N) is 5. The Morgan fingerprint density at radius 2 is 1.97 bits per heavy atom. The zero-order chi connectivity index (χ0) is 21.1. The first-order chi connectivity index (χ1) is 13.8. The Balaban J connectivity index is 1.75. The quantitative estimate of drug-likeness (QED) is 0.703. The first kappa shape index (κ1) is 21.5. The molecule has 3 heterocycles. The second kappa shape index (κ2) is 9.08. The molecular formula is C19H27BrN6O3. The number of amides is 2. The zero-order valence-electron chi connectivity index (χ0n) is 17.2. The van der Waals surface area contributed by atoms with Gasteiger partial charge in [-0.25, -0.2) is 0 Å². The Bertz CT molecular complexity index is 900. The molecule has 1 unspecified atom stereocenters. The SMILES string of the molecule is CCn1ncc(NC(=O)C(C)Cn2nc(C)c(Br)c2C)c1C(=O)N1CCOCC1. The lowest BCUT2D eigenvalue weighted by atomic mass is 10.1. The number of halogens is 1. The van der Waals surface area contributed by atoms with E-state index in [1.54, 1.807) is 15.8 Å². The van der Waals surface area contributed by atoms with Crippen LogP contribution in [0.3, 0.4) is 0 Å². The number of rotatable bonds is 6. The van der Waals surface area contributed by atoms with Crippen LogP contribution in [0.2, 0.25) is 0 Å². The Hall–Kier alpha value is -2.20. The third-order valence-corrected chi connectivity index (χ3v) is 6.23. The Labute approximate surface area is 178 Å². The molecule has 1 aliphatic rings. The van der Waals surface area contributed by atoms with Gasteiger partial charge in [0.15, 0.2) is 0 Å². The third-order valence-electron chi connectivity index (χ3n) is 5.09. The van der Waals surface area contributed by atoms with E-state index in [0.717, 1.165) is 15.9 Å². The van der Waals surface area contributed by atoms with Crippen LogP contribution in [0.1, 0.15) is 35.7 Å². The normalized spacial score (nSPS) is 15.4. The van der Waals surface area contributed by atoms with Gasteiger partial charge in [0.2, 0.25) is 5.91 Å². The average molecular weight is 467 g/mol. The van der Waals surface area contributed by atoms with E-state index in [0.29, 0.717) is 50.8 Å². The molecule has 0 aliphatic carbocycles. The van der Waals surface area contributed by atoms with Crippen LogP contribution in [-0.2, 0) is 22.6 Å². The highest BCUT2D eigenvalue weighted by atomic mass is 79.9. The van der Waals surface area contributed by atoms with Crippen LogP contribution < -0.4 is 5.32 Å². The lowest BCUT2D eigenvalue weighted by molar-refractivity contribution is -0.119. The van der Waals surface area contributed by atoms with Crippen molar-refractivity contribution < 1.29 is 14.3 Å². The molecule has 3 rings (SSSR count). The molecule has 1 saturated heterocycles. The molecule has 2 amide bonds. The van der Waals surface area contributed by atoms with Crippen molar-refractivity contribution in [3.63, 3.8) is 0 Å². The molecule has 0 spiro atoms. The Morgan fingerprint density at radius 3 is 2.55 bits per heavy atom. The number of carbonyl (C=O) groups is 2. The number of nitrogens with one attached hydrogen (secondary N) is 1. The summed E-state index contributed by atoms with van der Waals surface area (Å²) in [4.78, 5) is 27.6. The number of anilines is 1. The Morgan fingerprint density at radius 1 is 1.28 bits per heavy atom. The molecule has 2 aromatic rings. The monoisotopic (exact) mass is 466 g/mol. The molecule has 29 heavy (non-hydrogen) atoms. The van der Waals surface area contributed by atoms with Crippen molar-refractivity contribution in [3.8, 4) is 0 Å². The topological polar surface area (TPSA) is 94.3 Å². The van der Waals surface area contributed by atoms with E-state index in [1.165, 1.54) is 0 Å². The van der Waals surface area contributed by atoms with Gasteiger partial charge in [0, 0.05) is 25.3 Å². The van der Waals surface area contributed by atoms with E-state index in [9.17, 15) is 9.59 Å². The number of hydrogen-bond donors (Lipinski definition) is 1. The highest BCUT2D eigenvalue weighted by molar-refractivity contribution is 9.10. The number of ether oxygens (including phenoxy) is 1. The van der Waals surface area contributed by atoms with Crippen molar-refractivity contribution in [3.05, 3.63) is 27.8 Å². The van der Waals surface area contributed by atoms with E-state index in [4.69, 9.17) is 4.74 Å². The van der Waals surface area contributed by atoms with Gasteiger partial charge in [-0.3, -0.25) is 19.0 Å². The summed E-state index contributed by atoms with van der Waals surface area (Å²) in [7, 11) is 0. The van der Waals surface area contributed by atoms with Crippen LogP contribution >= 0.6 is 15.9 Å².